The highest BCUT2D eigenvalue weighted by molar-refractivity contribution is 9.10. The van der Waals surface area contributed by atoms with Gasteiger partial charge in [-0.2, -0.15) is 4.98 Å². The van der Waals surface area contributed by atoms with Crippen LogP contribution >= 0.6 is 34.8 Å². The number of halogens is 3. The second kappa shape index (κ2) is 22.1. The molecule has 0 radical (unpaired) electrons. The molecule has 4 saturated heterocycles. The largest absolute Gasteiger partial charge is 0.494 e. The molecule has 3 aromatic carbocycles. The number of hydrogen-bond donors (Lipinski definition) is 3. The Balaban J connectivity index is 0.769. The van der Waals surface area contributed by atoms with Crippen LogP contribution in [0.15, 0.2) is 64.2 Å². The number of imide groups is 1. The summed E-state index contributed by atoms with van der Waals surface area (Å²) < 4.78 is 50.8. The fourth-order valence-electron chi connectivity index (χ4n) is 10.8. The number of thioether (sulfide) groups is 1. The van der Waals surface area contributed by atoms with Gasteiger partial charge in [0, 0.05) is 98.9 Å². The molecular formula is C52H62BrF2N10O5PS. The summed E-state index contributed by atoms with van der Waals surface area (Å²) in [6.45, 7) is 12.3. The first-order valence-corrected chi connectivity index (χ1v) is 29.4. The molecule has 4 aliphatic heterocycles. The Labute approximate surface area is 432 Å². The highest BCUT2D eigenvalue weighted by Crippen LogP contribution is 2.43. The van der Waals surface area contributed by atoms with E-state index in [1.165, 1.54) is 12.1 Å². The molecule has 0 aliphatic carbocycles. The van der Waals surface area contributed by atoms with Crippen LogP contribution < -0.4 is 35.8 Å². The molecule has 0 bridgehead atoms. The maximum atomic E-state index is 15.2. The summed E-state index contributed by atoms with van der Waals surface area (Å²) in [6.07, 6.45) is 8.70. The lowest BCUT2D eigenvalue weighted by atomic mass is 9.89. The summed E-state index contributed by atoms with van der Waals surface area (Å²) in [7, 11) is -1.17. The second-order valence-corrected chi connectivity index (χ2v) is 24.4. The molecule has 2 unspecified atom stereocenters. The van der Waals surface area contributed by atoms with E-state index < -0.39 is 36.5 Å². The van der Waals surface area contributed by atoms with Gasteiger partial charge in [-0.25, -0.2) is 18.7 Å². The highest BCUT2D eigenvalue weighted by Gasteiger charge is 2.35. The van der Waals surface area contributed by atoms with Gasteiger partial charge in [-0.05, 0) is 135 Å². The number of nitrogens with one attached hydrogen (secondary N) is 3. The van der Waals surface area contributed by atoms with Crippen LogP contribution in [0.4, 0.5) is 43.3 Å². The van der Waals surface area contributed by atoms with Gasteiger partial charge in [0.2, 0.25) is 23.7 Å². The Bertz CT molecular complexity index is 2910. The zero-order valence-electron chi connectivity index (χ0n) is 41.4. The van der Waals surface area contributed by atoms with Crippen molar-refractivity contribution in [1.29, 1.82) is 0 Å². The van der Waals surface area contributed by atoms with Crippen LogP contribution in [-0.4, -0.2) is 128 Å². The number of piperidine rings is 3. The average molecular weight is 1090 g/mol. The van der Waals surface area contributed by atoms with Gasteiger partial charge < -0.3 is 34.6 Å². The third-order valence-electron chi connectivity index (χ3n) is 14.7. The van der Waals surface area contributed by atoms with Crippen molar-refractivity contribution >= 4 is 103 Å². The number of aryl methyl sites for hydroxylation is 1. The summed E-state index contributed by atoms with van der Waals surface area (Å²) in [5.41, 5.74) is 4.16. The van der Waals surface area contributed by atoms with Crippen molar-refractivity contribution in [2.45, 2.75) is 75.3 Å². The lowest BCUT2D eigenvalue weighted by Crippen LogP contribution is -2.54. The summed E-state index contributed by atoms with van der Waals surface area (Å²) in [4.78, 5) is 60.9. The van der Waals surface area contributed by atoms with E-state index in [4.69, 9.17) is 14.7 Å². The van der Waals surface area contributed by atoms with Gasteiger partial charge in [-0.15, -0.1) is 11.8 Å². The molecule has 2 aromatic heterocycles. The van der Waals surface area contributed by atoms with Crippen molar-refractivity contribution in [3.05, 3.63) is 82.0 Å². The van der Waals surface area contributed by atoms with Crippen LogP contribution in [0.2, 0.25) is 0 Å². The molecule has 20 heteroatoms. The molecule has 0 saturated carbocycles. The minimum Gasteiger partial charge on any atom is -0.494 e. The maximum Gasteiger partial charge on any atom is 0.234 e. The van der Waals surface area contributed by atoms with Crippen LogP contribution in [0.1, 0.15) is 68.9 Å². The van der Waals surface area contributed by atoms with E-state index >= 15 is 8.78 Å². The molecule has 72 heavy (non-hydrogen) atoms. The number of fused-ring (bicyclic) bond motifs is 1. The number of carbonyl (C=O) groups excluding carboxylic acids is 3. The molecule has 382 valence electrons. The van der Waals surface area contributed by atoms with E-state index in [1.54, 1.807) is 38.4 Å². The topological polar surface area (TPSA) is 165 Å². The number of aromatic nitrogens is 3. The molecule has 2 atom stereocenters. The monoisotopic (exact) mass is 1090 g/mol. The van der Waals surface area contributed by atoms with Crippen molar-refractivity contribution in [2.24, 2.45) is 5.92 Å². The van der Waals surface area contributed by atoms with Crippen molar-refractivity contribution in [1.82, 2.24) is 30.1 Å². The SMILES string of the molecule is CCc1cc(Nc2ncc(Br)c(Nc3ccc4nc(SC)ccc4c3P(C)(C)=O)n2)c(OC)cc1N1CCC(N2CCN(CCC3CCN(c4cc(F)c(C5CCC(=O)NC5=O)c(F)c4)CC3)CC2)CC1=O. The minimum absolute atomic E-state index is 0.0579. The van der Waals surface area contributed by atoms with E-state index in [9.17, 15) is 18.9 Å². The number of pyridine rings is 1. The number of hydrogen-bond acceptors (Lipinski definition) is 14. The lowest BCUT2D eigenvalue weighted by Gasteiger charge is -2.43. The molecule has 6 heterocycles. The first-order chi connectivity index (χ1) is 34.6. The Hall–Kier alpha value is -5.20. The first-order valence-electron chi connectivity index (χ1n) is 24.8. The standard InChI is InChI=1S/C52H62BrF2N10O5PS/c1-6-32-25-42(59-52-56-30-37(53)50(61-52)58-41-10-9-40-35(49(41)71(3,4)69)8-12-46(57-40)72-5)44(70-2)29-43(32)65-20-16-33(28-47(65)67)64-23-21-62(22-24-64)17-13-31-14-18-63(19-15-31)34-26-38(54)48(39(55)27-34)36-7-11-45(66)60-51(36)68/h8-10,12,25-27,29-31,33,36H,6-7,11,13-24,28H2,1-5H3,(H,60,66,68)(H2,56,58,59,61). The molecule has 9 rings (SSSR count). The zero-order valence-corrected chi connectivity index (χ0v) is 44.7. The lowest BCUT2D eigenvalue weighted by molar-refractivity contribution is -0.134. The Morgan fingerprint density at radius 2 is 1.65 bits per heavy atom. The van der Waals surface area contributed by atoms with Crippen LogP contribution in [-0.2, 0) is 25.4 Å². The van der Waals surface area contributed by atoms with Gasteiger partial charge in [0.1, 0.15) is 30.3 Å². The van der Waals surface area contributed by atoms with Gasteiger partial charge in [0.15, 0.2) is 0 Å². The van der Waals surface area contributed by atoms with Gasteiger partial charge in [0.05, 0.1) is 45.1 Å². The smallest absolute Gasteiger partial charge is 0.234 e. The number of nitrogens with zero attached hydrogens (tertiary/aromatic N) is 7. The molecule has 15 nitrogen and oxygen atoms in total. The minimum atomic E-state index is -2.78. The van der Waals surface area contributed by atoms with Crippen molar-refractivity contribution < 1.29 is 32.5 Å². The average Bonchev–Trinajstić information content (AvgIpc) is 3.36. The summed E-state index contributed by atoms with van der Waals surface area (Å²) in [5.74, 6) is -1.60. The maximum absolute atomic E-state index is 15.2. The zero-order chi connectivity index (χ0) is 50.8. The molecule has 4 fully saturated rings. The number of anilines is 6. The molecule has 3 N–H and O–H groups in total. The van der Waals surface area contributed by atoms with Crippen LogP contribution in [0.25, 0.3) is 10.9 Å². The predicted octanol–water partition coefficient (Wildman–Crippen LogP) is 9.03. The van der Waals surface area contributed by atoms with Gasteiger partial charge in [0.25, 0.3) is 0 Å². The number of ether oxygens (including phenoxy) is 1. The van der Waals surface area contributed by atoms with E-state index in [0.717, 1.165) is 85.6 Å². The third-order valence-corrected chi connectivity index (χ3v) is 17.5. The van der Waals surface area contributed by atoms with E-state index in [0.29, 0.717) is 82.7 Å². The summed E-state index contributed by atoms with van der Waals surface area (Å²) >= 11 is 5.16. The van der Waals surface area contributed by atoms with Gasteiger partial charge in [-0.3, -0.25) is 24.6 Å². The number of amides is 3. The Morgan fingerprint density at radius 1 is 0.903 bits per heavy atom. The summed E-state index contributed by atoms with van der Waals surface area (Å²) in [5, 5.41) is 11.4. The number of piperazine rings is 1. The van der Waals surface area contributed by atoms with Crippen molar-refractivity contribution in [3.63, 3.8) is 0 Å². The Morgan fingerprint density at radius 3 is 2.32 bits per heavy atom. The number of methoxy groups -OCH3 is 1. The van der Waals surface area contributed by atoms with E-state index in [-0.39, 0.29) is 30.4 Å². The Kier molecular flexibility index (Phi) is 15.9. The summed E-state index contributed by atoms with van der Waals surface area (Å²) in [6, 6.07) is 14.5. The molecule has 3 amide bonds. The number of rotatable bonds is 15. The van der Waals surface area contributed by atoms with Crippen molar-refractivity contribution in [3.8, 4) is 5.75 Å². The van der Waals surface area contributed by atoms with Crippen LogP contribution in [0.5, 0.6) is 5.75 Å². The van der Waals surface area contributed by atoms with E-state index in [1.807, 2.05) is 52.5 Å². The predicted molar refractivity (Wildman–Crippen MR) is 286 cm³/mol. The quantitative estimate of drug-likeness (QED) is 0.0517. The normalized spacial score (nSPS) is 19.8. The number of carbonyl (C=O) groups is 3. The molecule has 4 aliphatic rings. The third kappa shape index (κ3) is 11.3. The van der Waals surface area contributed by atoms with Crippen LogP contribution in [0, 0.1) is 17.6 Å². The van der Waals surface area contributed by atoms with Crippen LogP contribution in [0.3, 0.4) is 0 Å². The molecule has 0 spiro atoms. The molecular weight excluding hydrogens is 1030 g/mol. The highest BCUT2D eigenvalue weighted by atomic mass is 79.9. The fraction of sp³-hybridized carbons (Fsp3) is 0.462. The molecule has 5 aromatic rings. The first kappa shape index (κ1) is 51.7. The number of benzene rings is 3. The van der Waals surface area contributed by atoms with E-state index in [2.05, 4.69) is 53.6 Å². The van der Waals surface area contributed by atoms with Gasteiger partial charge in [-0.1, -0.05) is 6.92 Å². The second-order valence-electron chi connectivity index (χ2n) is 19.5. The fourth-order valence-corrected chi connectivity index (χ4v) is 12.9. The van der Waals surface area contributed by atoms with Crippen molar-refractivity contribution in [2.75, 3.05) is 99.5 Å². The van der Waals surface area contributed by atoms with Gasteiger partial charge >= 0.3 is 0 Å².